The largest absolute Gasteiger partial charge is 0.467 e. The lowest BCUT2D eigenvalue weighted by Gasteiger charge is -2.25. The summed E-state index contributed by atoms with van der Waals surface area (Å²) in [4.78, 5) is 50.9. The first kappa shape index (κ1) is 26.2. The third kappa shape index (κ3) is 4.88. The van der Waals surface area contributed by atoms with E-state index in [4.69, 9.17) is 4.42 Å². The fraction of sp³-hybridized carbons (Fsp3) is 0.0312. The van der Waals surface area contributed by atoms with Crippen molar-refractivity contribution in [3.8, 4) is 28.2 Å². The van der Waals surface area contributed by atoms with Crippen molar-refractivity contribution in [1.82, 2.24) is 14.8 Å². The number of furan rings is 1. The molecule has 10 nitrogen and oxygen atoms in total. The molecule has 0 bridgehead atoms. The highest BCUT2D eigenvalue weighted by atomic mass is 16.6. The van der Waals surface area contributed by atoms with Crippen LogP contribution in [0.2, 0.25) is 0 Å². The normalized spacial score (nSPS) is 14.3. The number of urea groups is 1. The molecule has 0 aliphatic carbocycles. The van der Waals surface area contributed by atoms with Gasteiger partial charge in [0.15, 0.2) is 0 Å². The van der Waals surface area contributed by atoms with Gasteiger partial charge in [-0.25, -0.2) is 4.79 Å². The summed E-state index contributed by atoms with van der Waals surface area (Å²) < 4.78 is 7.24. The van der Waals surface area contributed by atoms with Crippen LogP contribution < -0.4 is 5.32 Å². The van der Waals surface area contributed by atoms with Crippen molar-refractivity contribution < 1.29 is 23.7 Å². The molecule has 0 unspecified atom stereocenters. The van der Waals surface area contributed by atoms with E-state index < -0.39 is 22.8 Å². The number of rotatable bonds is 7. The summed E-state index contributed by atoms with van der Waals surface area (Å²) in [6, 6.07) is 29.3. The topological polar surface area (TPSA) is 128 Å². The van der Waals surface area contributed by atoms with Crippen LogP contribution in [0.5, 0.6) is 0 Å². The van der Waals surface area contributed by atoms with E-state index in [1.54, 1.807) is 24.3 Å². The van der Waals surface area contributed by atoms with E-state index in [-0.39, 0.29) is 17.8 Å². The summed E-state index contributed by atoms with van der Waals surface area (Å²) in [5, 5.41) is 13.6. The molecule has 206 valence electrons. The fourth-order valence-corrected chi connectivity index (χ4v) is 4.90. The SMILES string of the molecule is O=C1NC(=O)N(Cc2ccco2)C(=O)/C1=C\c1cc(-c2ccccc2)n(-c2ccc([N+](=O)[O-])cc2)c1-c1ccccc1. The monoisotopic (exact) mass is 558 g/mol. The minimum atomic E-state index is -0.838. The zero-order valence-corrected chi connectivity index (χ0v) is 22.0. The average Bonchev–Trinajstić information content (AvgIpc) is 3.66. The predicted octanol–water partition coefficient (Wildman–Crippen LogP) is 5.97. The van der Waals surface area contributed by atoms with Gasteiger partial charge in [0.2, 0.25) is 0 Å². The lowest BCUT2D eigenvalue weighted by Crippen LogP contribution is -2.53. The van der Waals surface area contributed by atoms with Crippen LogP contribution in [-0.4, -0.2) is 32.2 Å². The molecule has 0 saturated carbocycles. The van der Waals surface area contributed by atoms with Gasteiger partial charge in [-0.2, -0.15) is 0 Å². The highest BCUT2D eigenvalue weighted by molar-refractivity contribution is 6.31. The van der Waals surface area contributed by atoms with Crippen molar-refractivity contribution in [2.24, 2.45) is 0 Å². The molecule has 4 amide bonds. The van der Waals surface area contributed by atoms with Gasteiger partial charge in [0.25, 0.3) is 17.5 Å². The summed E-state index contributed by atoms with van der Waals surface area (Å²) in [6.07, 6.45) is 2.90. The number of nitro groups is 1. The van der Waals surface area contributed by atoms with Crippen molar-refractivity contribution in [2.45, 2.75) is 6.54 Å². The quantitative estimate of drug-likeness (QED) is 0.113. The van der Waals surface area contributed by atoms with E-state index in [9.17, 15) is 24.5 Å². The van der Waals surface area contributed by atoms with Crippen molar-refractivity contribution >= 4 is 29.6 Å². The molecular weight excluding hydrogens is 536 g/mol. The highest BCUT2D eigenvalue weighted by Gasteiger charge is 2.36. The number of nitro benzene ring substituents is 1. The number of nitrogens with zero attached hydrogens (tertiary/aromatic N) is 3. The Morgan fingerprint density at radius 2 is 1.50 bits per heavy atom. The molecule has 0 spiro atoms. The Bertz CT molecular complexity index is 1840. The number of aromatic nitrogens is 1. The van der Waals surface area contributed by atoms with Crippen LogP contribution in [0, 0.1) is 10.1 Å². The second-order valence-electron chi connectivity index (χ2n) is 9.46. The standard InChI is InChI=1S/C32H22N4O6/c37-30-27(31(38)34(32(39)33-30)20-26-12-7-17-42-26)18-23-19-28(21-8-3-1-4-9-21)35(29(23)22-10-5-2-6-11-22)24-13-15-25(16-14-24)36(40)41/h1-19H,20H2,(H,33,37,39)/b27-18-. The number of non-ortho nitro benzene ring substituents is 1. The van der Waals surface area contributed by atoms with Crippen LogP contribution in [0.4, 0.5) is 10.5 Å². The zero-order chi connectivity index (χ0) is 29.2. The lowest BCUT2D eigenvalue weighted by atomic mass is 10.0. The van der Waals surface area contributed by atoms with Crippen LogP contribution in [0.1, 0.15) is 11.3 Å². The third-order valence-corrected chi connectivity index (χ3v) is 6.85. The van der Waals surface area contributed by atoms with Crippen LogP contribution in [0.3, 0.4) is 0 Å². The van der Waals surface area contributed by atoms with Crippen LogP contribution in [0.15, 0.2) is 119 Å². The number of amides is 4. The molecule has 0 radical (unpaired) electrons. The molecule has 1 aliphatic heterocycles. The first-order valence-corrected chi connectivity index (χ1v) is 12.9. The second-order valence-corrected chi connectivity index (χ2v) is 9.46. The summed E-state index contributed by atoms with van der Waals surface area (Å²) in [5.41, 5.74) is 3.87. The van der Waals surface area contributed by atoms with Gasteiger partial charge in [-0.1, -0.05) is 60.7 Å². The average molecular weight is 559 g/mol. The molecular formula is C32H22N4O6. The van der Waals surface area contributed by atoms with E-state index in [2.05, 4.69) is 5.32 Å². The molecule has 42 heavy (non-hydrogen) atoms. The minimum absolute atomic E-state index is 0.0541. The number of hydrogen-bond donors (Lipinski definition) is 1. The molecule has 5 aromatic rings. The second kappa shape index (κ2) is 10.9. The molecule has 1 N–H and O–H groups in total. The first-order valence-electron chi connectivity index (χ1n) is 12.9. The number of imide groups is 2. The molecule has 3 aromatic carbocycles. The molecule has 10 heteroatoms. The van der Waals surface area contributed by atoms with Gasteiger partial charge in [-0.3, -0.25) is 29.9 Å². The van der Waals surface area contributed by atoms with Gasteiger partial charge < -0.3 is 8.98 Å². The van der Waals surface area contributed by atoms with Crippen molar-refractivity contribution in [2.75, 3.05) is 0 Å². The van der Waals surface area contributed by atoms with E-state index >= 15 is 0 Å². The Labute approximate surface area is 239 Å². The van der Waals surface area contributed by atoms with Gasteiger partial charge >= 0.3 is 6.03 Å². The van der Waals surface area contributed by atoms with E-state index in [1.165, 1.54) is 24.5 Å². The molecule has 6 rings (SSSR count). The first-order chi connectivity index (χ1) is 20.4. The molecule has 0 atom stereocenters. The van der Waals surface area contributed by atoms with E-state index in [0.29, 0.717) is 22.7 Å². The number of benzene rings is 3. The van der Waals surface area contributed by atoms with Gasteiger partial charge in [-0.15, -0.1) is 0 Å². The van der Waals surface area contributed by atoms with E-state index in [0.717, 1.165) is 21.7 Å². The Kier molecular flexibility index (Phi) is 6.77. The van der Waals surface area contributed by atoms with Gasteiger partial charge in [-0.05, 0) is 47.5 Å². The smallest absolute Gasteiger partial charge is 0.331 e. The Morgan fingerprint density at radius 3 is 2.12 bits per heavy atom. The molecule has 3 heterocycles. The van der Waals surface area contributed by atoms with Crippen molar-refractivity contribution in [3.63, 3.8) is 0 Å². The van der Waals surface area contributed by atoms with Gasteiger partial charge in [0.05, 0.1) is 29.1 Å². The summed E-state index contributed by atoms with van der Waals surface area (Å²) in [7, 11) is 0. The maximum absolute atomic E-state index is 13.5. The number of hydrogen-bond acceptors (Lipinski definition) is 6. The Hall–Kier alpha value is -6.03. The summed E-state index contributed by atoms with van der Waals surface area (Å²) >= 11 is 0. The van der Waals surface area contributed by atoms with Gasteiger partial charge in [0.1, 0.15) is 11.3 Å². The maximum Gasteiger partial charge on any atom is 0.331 e. The molecule has 1 aliphatic rings. The predicted molar refractivity (Wildman–Crippen MR) is 154 cm³/mol. The number of nitrogens with one attached hydrogen (secondary N) is 1. The number of carbonyl (C=O) groups is 3. The zero-order valence-electron chi connectivity index (χ0n) is 22.0. The summed E-state index contributed by atoms with van der Waals surface area (Å²) in [5.74, 6) is -1.19. The Morgan fingerprint density at radius 1 is 0.833 bits per heavy atom. The highest BCUT2D eigenvalue weighted by Crippen LogP contribution is 2.38. The van der Waals surface area contributed by atoms with Crippen molar-refractivity contribution in [3.05, 3.63) is 136 Å². The minimum Gasteiger partial charge on any atom is -0.467 e. The maximum atomic E-state index is 13.5. The summed E-state index contributed by atoms with van der Waals surface area (Å²) in [6.45, 7) is -0.146. The van der Waals surface area contributed by atoms with Crippen LogP contribution in [0.25, 0.3) is 34.3 Å². The lowest BCUT2D eigenvalue weighted by molar-refractivity contribution is -0.384. The molecule has 1 fully saturated rings. The third-order valence-electron chi connectivity index (χ3n) is 6.85. The van der Waals surface area contributed by atoms with Gasteiger partial charge in [0, 0.05) is 23.4 Å². The van der Waals surface area contributed by atoms with Crippen LogP contribution >= 0.6 is 0 Å². The number of carbonyl (C=O) groups excluding carboxylic acids is 3. The Balaban J connectivity index is 1.57. The molecule has 1 saturated heterocycles. The van der Waals surface area contributed by atoms with Crippen molar-refractivity contribution in [1.29, 1.82) is 0 Å². The van der Waals surface area contributed by atoms with Crippen LogP contribution in [-0.2, 0) is 16.1 Å². The fourth-order valence-electron chi connectivity index (χ4n) is 4.90. The molecule has 2 aromatic heterocycles. The number of barbiturate groups is 1. The van der Waals surface area contributed by atoms with E-state index in [1.807, 2.05) is 71.3 Å².